The first-order valence-corrected chi connectivity index (χ1v) is 9.74. The van der Waals surface area contributed by atoms with E-state index in [1.807, 2.05) is 6.07 Å². The number of nitriles is 1. The van der Waals surface area contributed by atoms with Crippen molar-refractivity contribution in [3.05, 3.63) is 42.0 Å². The Morgan fingerprint density at radius 3 is 2.72 bits per heavy atom. The lowest BCUT2D eigenvalue weighted by Crippen LogP contribution is -2.54. The van der Waals surface area contributed by atoms with Gasteiger partial charge in [0.1, 0.15) is 6.29 Å². The van der Waals surface area contributed by atoms with Crippen molar-refractivity contribution in [3.63, 3.8) is 0 Å². The maximum Gasteiger partial charge on any atom is 0.123 e. The molecule has 1 aromatic carbocycles. The predicted molar refractivity (Wildman–Crippen MR) is 99.4 cm³/mol. The topological polar surface area (TPSA) is 40.9 Å². The summed E-state index contributed by atoms with van der Waals surface area (Å²) in [5, 5.41) is 10.2. The summed E-state index contributed by atoms with van der Waals surface area (Å²) in [6.07, 6.45) is 10.8. The number of fused-ring (bicyclic) bond motifs is 3. The fourth-order valence-corrected chi connectivity index (χ4v) is 6.38. The molecule has 0 amide bonds. The molecule has 4 rings (SSSR count). The molecule has 2 fully saturated rings. The van der Waals surface area contributed by atoms with Crippen molar-refractivity contribution in [3.8, 4) is 6.07 Å². The number of rotatable bonds is 2. The molecule has 130 valence electrons. The van der Waals surface area contributed by atoms with E-state index in [9.17, 15) is 10.1 Å². The van der Waals surface area contributed by atoms with Gasteiger partial charge < -0.3 is 4.79 Å². The average molecular weight is 333 g/mol. The Labute approximate surface area is 150 Å². The fraction of sp³-hybridized carbons (Fsp3) is 0.565. The second kappa shape index (κ2) is 6.13. The number of carbonyl (C=O) groups is 1. The molecule has 3 aliphatic carbocycles. The molecule has 2 heteroatoms. The minimum absolute atomic E-state index is 0.135. The highest BCUT2D eigenvalue weighted by atomic mass is 16.1. The third-order valence-corrected chi connectivity index (χ3v) is 7.63. The van der Waals surface area contributed by atoms with E-state index in [-0.39, 0.29) is 16.7 Å². The molecular weight excluding hydrogens is 306 g/mol. The number of allylic oxidation sites excluding steroid dienone is 2. The van der Waals surface area contributed by atoms with Crippen LogP contribution in [0.2, 0.25) is 0 Å². The predicted octanol–water partition coefficient (Wildman–Crippen LogP) is 5.41. The zero-order valence-corrected chi connectivity index (χ0v) is 15.1. The smallest absolute Gasteiger partial charge is 0.123 e. The Balaban J connectivity index is 1.72. The standard InChI is InChI=1S/C23H27NO/c1-22-12-5-8-19(15-25)20(22)11-13-23(16-24)14-18(9-10-21(22)23)17-6-3-2-4-7-17/h2-4,6-7,9,15,19-21H,5,8,10-14H2,1H3/t19-,20-,21+,22-,23-/m1/s1. The number of hydrogen-bond donors (Lipinski definition) is 0. The quantitative estimate of drug-likeness (QED) is 0.679. The van der Waals surface area contributed by atoms with Crippen LogP contribution in [0.4, 0.5) is 0 Å². The van der Waals surface area contributed by atoms with E-state index in [0.29, 0.717) is 11.8 Å². The molecule has 0 heterocycles. The van der Waals surface area contributed by atoms with Crippen LogP contribution in [0.25, 0.3) is 5.57 Å². The van der Waals surface area contributed by atoms with Crippen LogP contribution in [0.15, 0.2) is 36.4 Å². The molecule has 3 aliphatic rings. The van der Waals surface area contributed by atoms with E-state index in [0.717, 1.165) is 38.5 Å². The molecule has 0 saturated heterocycles. The Morgan fingerprint density at radius 2 is 2.00 bits per heavy atom. The molecule has 0 N–H and O–H groups in total. The summed E-state index contributed by atoms with van der Waals surface area (Å²) >= 11 is 0. The first-order chi connectivity index (χ1) is 12.1. The molecule has 2 saturated carbocycles. The Hall–Kier alpha value is -1.88. The summed E-state index contributed by atoms with van der Waals surface area (Å²) in [7, 11) is 0. The Morgan fingerprint density at radius 1 is 1.20 bits per heavy atom. The number of benzene rings is 1. The van der Waals surface area contributed by atoms with Crippen LogP contribution >= 0.6 is 0 Å². The molecule has 2 nitrogen and oxygen atoms in total. The minimum Gasteiger partial charge on any atom is -0.303 e. The fourth-order valence-electron chi connectivity index (χ4n) is 6.38. The van der Waals surface area contributed by atoms with Gasteiger partial charge in [0.05, 0.1) is 11.5 Å². The van der Waals surface area contributed by atoms with E-state index in [1.54, 1.807) is 0 Å². The van der Waals surface area contributed by atoms with E-state index in [2.05, 4.69) is 43.3 Å². The molecular formula is C23H27NO. The Kier molecular flexibility index (Phi) is 4.07. The van der Waals surface area contributed by atoms with Gasteiger partial charge in [0.25, 0.3) is 0 Å². The normalized spacial score (nSPS) is 40.2. The molecule has 0 radical (unpaired) electrons. The van der Waals surface area contributed by atoms with E-state index >= 15 is 0 Å². The monoisotopic (exact) mass is 333 g/mol. The molecule has 25 heavy (non-hydrogen) atoms. The van der Waals surface area contributed by atoms with E-state index in [1.165, 1.54) is 23.8 Å². The van der Waals surface area contributed by atoms with Crippen LogP contribution < -0.4 is 0 Å². The summed E-state index contributed by atoms with van der Waals surface area (Å²) in [5.41, 5.74) is 2.48. The van der Waals surface area contributed by atoms with Crippen LogP contribution in [0.3, 0.4) is 0 Å². The van der Waals surface area contributed by atoms with Gasteiger partial charge >= 0.3 is 0 Å². The summed E-state index contributed by atoms with van der Waals surface area (Å²) in [6, 6.07) is 13.3. The van der Waals surface area contributed by atoms with Gasteiger partial charge in [-0.1, -0.05) is 49.8 Å². The van der Waals surface area contributed by atoms with Gasteiger partial charge in [0.15, 0.2) is 0 Å². The largest absolute Gasteiger partial charge is 0.303 e. The lowest BCUT2D eigenvalue weighted by atomic mass is 9.43. The lowest BCUT2D eigenvalue weighted by Gasteiger charge is -2.59. The third kappa shape index (κ3) is 2.48. The summed E-state index contributed by atoms with van der Waals surface area (Å²) in [6.45, 7) is 2.38. The van der Waals surface area contributed by atoms with Gasteiger partial charge in [-0.05, 0) is 66.9 Å². The second-order valence-corrected chi connectivity index (χ2v) is 8.67. The summed E-state index contributed by atoms with van der Waals surface area (Å²) < 4.78 is 0. The number of aldehydes is 1. The van der Waals surface area contributed by atoms with Gasteiger partial charge in [-0.15, -0.1) is 0 Å². The Bertz CT molecular complexity index is 730. The minimum atomic E-state index is -0.254. The highest BCUT2D eigenvalue weighted by molar-refractivity contribution is 5.68. The number of nitrogens with zero attached hydrogens (tertiary/aromatic N) is 1. The van der Waals surface area contributed by atoms with Crippen molar-refractivity contribution in [2.24, 2.45) is 28.6 Å². The van der Waals surface area contributed by atoms with Gasteiger partial charge in [0, 0.05) is 5.92 Å². The molecule has 0 unspecified atom stereocenters. The van der Waals surface area contributed by atoms with E-state index < -0.39 is 0 Å². The van der Waals surface area contributed by atoms with Gasteiger partial charge in [-0.2, -0.15) is 5.26 Å². The van der Waals surface area contributed by atoms with Crippen molar-refractivity contribution in [2.45, 2.75) is 51.9 Å². The molecule has 0 spiro atoms. The first-order valence-electron chi connectivity index (χ1n) is 9.74. The second-order valence-electron chi connectivity index (χ2n) is 8.67. The number of hydrogen-bond acceptors (Lipinski definition) is 2. The van der Waals surface area contributed by atoms with Crippen molar-refractivity contribution in [1.29, 1.82) is 5.26 Å². The van der Waals surface area contributed by atoms with Gasteiger partial charge in [-0.3, -0.25) is 0 Å². The van der Waals surface area contributed by atoms with E-state index in [4.69, 9.17) is 0 Å². The molecule has 5 atom stereocenters. The first kappa shape index (κ1) is 16.6. The number of carbonyl (C=O) groups excluding carboxylic acids is 1. The van der Waals surface area contributed by atoms with Crippen molar-refractivity contribution in [1.82, 2.24) is 0 Å². The highest BCUT2D eigenvalue weighted by Gasteiger charge is 2.58. The summed E-state index contributed by atoms with van der Waals surface area (Å²) in [4.78, 5) is 11.6. The highest BCUT2D eigenvalue weighted by Crippen LogP contribution is 2.65. The SMILES string of the molecule is C[C@@]12CCC[C@H](C=O)[C@H]1CC[C@]1(C#N)CC(c3ccccc3)=CC[C@H]12. The molecule has 0 bridgehead atoms. The molecule has 0 aromatic heterocycles. The average Bonchev–Trinajstić information content (AvgIpc) is 2.67. The molecule has 1 aromatic rings. The third-order valence-electron chi connectivity index (χ3n) is 7.63. The van der Waals surface area contributed by atoms with Crippen molar-refractivity contribution < 1.29 is 4.79 Å². The van der Waals surface area contributed by atoms with Crippen LogP contribution in [0.5, 0.6) is 0 Å². The van der Waals surface area contributed by atoms with Crippen LogP contribution in [0.1, 0.15) is 57.4 Å². The van der Waals surface area contributed by atoms with Crippen molar-refractivity contribution >= 4 is 11.9 Å². The zero-order valence-electron chi connectivity index (χ0n) is 15.1. The van der Waals surface area contributed by atoms with Crippen LogP contribution in [-0.2, 0) is 4.79 Å². The van der Waals surface area contributed by atoms with Gasteiger partial charge in [0.2, 0.25) is 0 Å². The van der Waals surface area contributed by atoms with Crippen LogP contribution in [0, 0.1) is 39.9 Å². The molecule has 0 aliphatic heterocycles. The zero-order chi connectivity index (χ0) is 17.5. The lowest BCUT2D eigenvalue weighted by molar-refractivity contribution is -0.126. The maximum absolute atomic E-state index is 11.6. The summed E-state index contributed by atoms with van der Waals surface area (Å²) in [5.74, 6) is 1.06. The van der Waals surface area contributed by atoms with Crippen LogP contribution in [-0.4, -0.2) is 6.29 Å². The van der Waals surface area contributed by atoms with Crippen molar-refractivity contribution in [2.75, 3.05) is 0 Å². The maximum atomic E-state index is 11.6. The van der Waals surface area contributed by atoms with Gasteiger partial charge in [-0.25, -0.2) is 0 Å².